The summed E-state index contributed by atoms with van der Waals surface area (Å²) in [6.07, 6.45) is 44.1. The highest BCUT2D eigenvalue weighted by atomic mass is 32.2. The van der Waals surface area contributed by atoms with Gasteiger partial charge in [-0.2, -0.15) is 0 Å². The molecule has 11 heterocycles. The molecule has 4 saturated carbocycles. The Labute approximate surface area is 871 Å². The first kappa shape index (κ1) is 108. The molecule has 3 unspecified atom stereocenters. The second kappa shape index (κ2) is 52.2. The maximum absolute atomic E-state index is 12.9. The number of aryl methyl sites for hydroxylation is 1. The molecule has 0 bridgehead atoms. The van der Waals surface area contributed by atoms with E-state index < -0.39 is 34.4 Å². The van der Waals surface area contributed by atoms with Gasteiger partial charge in [-0.3, -0.25) is 9.38 Å². The average Bonchev–Trinajstić information content (AvgIpc) is 1.61. The molecule has 149 heavy (non-hydrogen) atoms. The Morgan fingerprint density at radius 2 is 0.738 bits per heavy atom. The quantitative estimate of drug-likeness (QED) is 0.0177. The van der Waals surface area contributed by atoms with Crippen LogP contribution in [0.2, 0.25) is 0 Å². The summed E-state index contributed by atoms with van der Waals surface area (Å²) < 4.78 is 54.5. The summed E-state index contributed by atoms with van der Waals surface area (Å²) in [4.78, 5) is 85.0. The van der Waals surface area contributed by atoms with E-state index in [2.05, 4.69) is 127 Å². The van der Waals surface area contributed by atoms with E-state index in [1.54, 1.807) is 78.6 Å². The third-order valence-corrected chi connectivity index (χ3v) is 29.4. The number of likely N-dealkylation sites (N-methyl/N-ethyl adjacent to an activating group) is 4. The van der Waals surface area contributed by atoms with Gasteiger partial charge in [0, 0.05) is 198 Å². The van der Waals surface area contributed by atoms with Crippen molar-refractivity contribution in [1.29, 1.82) is 0 Å². The van der Waals surface area contributed by atoms with Crippen LogP contribution in [0.1, 0.15) is 135 Å². The van der Waals surface area contributed by atoms with E-state index in [0.717, 1.165) is 109 Å². The fourth-order valence-corrected chi connectivity index (χ4v) is 20.4. The van der Waals surface area contributed by atoms with Crippen LogP contribution in [0.4, 0.5) is 34.8 Å². The lowest BCUT2D eigenvalue weighted by Crippen LogP contribution is -2.34. The molecule has 4 aliphatic carbocycles. The number of hydrogen-bond donors (Lipinski definition) is 8. The number of anilines is 6. The van der Waals surface area contributed by atoms with Crippen molar-refractivity contribution >= 4 is 72.5 Å². The van der Waals surface area contributed by atoms with E-state index >= 15 is 0 Å². The first-order chi connectivity index (χ1) is 72.5. The van der Waals surface area contributed by atoms with Crippen LogP contribution < -0.4 is 64.7 Å². The second-order valence-electron chi connectivity index (χ2n) is 38.5. The van der Waals surface area contributed by atoms with Crippen molar-refractivity contribution in [3.8, 4) is 102 Å². The van der Waals surface area contributed by atoms with Gasteiger partial charge in [-0.1, -0.05) is 126 Å². The molecule has 39 heteroatoms. The van der Waals surface area contributed by atoms with Gasteiger partial charge in [0.2, 0.25) is 10.0 Å². The first-order valence-electron chi connectivity index (χ1n) is 51.8. The van der Waals surface area contributed by atoms with Gasteiger partial charge in [0.15, 0.2) is 34.6 Å². The molecular formula is C110H140N28O10S. The van der Waals surface area contributed by atoms with Crippen molar-refractivity contribution in [3.05, 3.63) is 202 Å². The van der Waals surface area contributed by atoms with Crippen molar-refractivity contribution in [1.82, 2.24) is 114 Å². The van der Waals surface area contributed by atoms with Gasteiger partial charge in [-0.05, 0) is 135 Å². The monoisotopic (exact) mass is 2050 g/mol. The number of hydrogen-bond acceptors (Lipinski definition) is 35. The molecule has 0 saturated heterocycles. The highest BCUT2D eigenvalue weighted by molar-refractivity contribution is 7.90. The molecule has 4 fully saturated rings. The normalized spacial score (nSPS) is 15.1. The number of benzene rings is 4. The summed E-state index contributed by atoms with van der Waals surface area (Å²) in [5, 5.41) is 53.5. The minimum atomic E-state index is -3.61. The van der Waals surface area contributed by atoms with E-state index in [1.807, 2.05) is 156 Å². The van der Waals surface area contributed by atoms with Crippen LogP contribution in [-0.2, 0) is 17.1 Å². The maximum Gasteiger partial charge on any atom is 0.239 e. The molecule has 8 N–H and O–H groups in total. The maximum atomic E-state index is 12.9. The number of fused-ring (bicyclic) bond motifs is 3. The van der Waals surface area contributed by atoms with Crippen molar-refractivity contribution in [2.45, 2.75) is 184 Å². The topological polar surface area (TPSA) is 437 Å². The SMILES string of the molecule is CCS(=O)(=O)n1cc(-c2cc(N(C)C3CCCCC3)nc(-c3cccc(OCC(O)CNC)c3)n2)c2cncnc21.CNCC(O)COc1cccc(-c2nc(-c3cn(C)c4ncncc34)cc(N(C)C3CCCCC3)n2)c1.CNCC(O)COc1cccc(-c2nc(N(C)c3cncnc3)cc(N(C)C3CCCCC3)n2)c1.CNC[C@H](O)COc1cccc(-c2nc(-c3cnc4cnccn34)cc(N(C)C3CCCCC3)n2)c1. The molecule has 11 aromatic heterocycles. The van der Waals surface area contributed by atoms with Crippen LogP contribution in [0.15, 0.2) is 202 Å². The van der Waals surface area contributed by atoms with Crippen LogP contribution in [0.5, 0.6) is 23.0 Å². The zero-order chi connectivity index (χ0) is 104. The highest BCUT2D eigenvalue weighted by Crippen LogP contribution is 2.41. The predicted molar refractivity (Wildman–Crippen MR) is 584 cm³/mol. The lowest BCUT2D eigenvalue weighted by atomic mass is 9.94. The number of aliphatic hydroxyl groups is 4. The molecule has 4 aromatic carbocycles. The third-order valence-electron chi connectivity index (χ3n) is 27.8. The smallest absolute Gasteiger partial charge is 0.239 e. The molecule has 38 nitrogen and oxygen atoms in total. The highest BCUT2D eigenvalue weighted by Gasteiger charge is 2.31. The Hall–Kier alpha value is -14.0. The Kier molecular flexibility index (Phi) is 37.8. The van der Waals surface area contributed by atoms with Crippen molar-refractivity contribution in [3.63, 3.8) is 0 Å². The van der Waals surface area contributed by atoms with Crippen LogP contribution in [0, 0.1) is 0 Å². The van der Waals surface area contributed by atoms with E-state index in [1.165, 1.54) is 132 Å². The molecule has 4 atom stereocenters. The summed E-state index contributed by atoms with van der Waals surface area (Å²) in [5.41, 5.74) is 10.8. The van der Waals surface area contributed by atoms with Gasteiger partial charge in [-0.15, -0.1) is 0 Å². The summed E-state index contributed by atoms with van der Waals surface area (Å²) >= 11 is 0. The fourth-order valence-electron chi connectivity index (χ4n) is 19.5. The van der Waals surface area contributed by atoms with Crippen molar-refractivity contribution < 1.29 is 47.8 Å². The van der Waals surface area contributed by atoms with E-state index in [9.17, 15) is 28.8 Å². The number of aromatic nitrogens is 19. The molecular weight excluding hydrogens is 1910 g/mol. The van der Waals surface area contributed by atoms with Crippen LogP contribution in [0.3, 0.4) is 0 Å². The summed E-state index contributed by atoms with van der Waals surface area (Å²) in [7, 11) is 16.0. The molecule has 0 radical (unpaired) electrons. The van der Waals surface area contributed by atoms with Crippen LogP contribution in [0.25, 0.3) is 107 Å². The summed E-state index contributed by atoms with van der Waals surface area (Å²) in [6.45, 7) is 4.20. The van der Waals surface area contributed by atoms with Gasteiger partial charge in [-0.25, -0.2) is 87.1 Å². The number of nitrogens with zero attached hydrogens (tertiary/aromatic N) is 24. The van der Waals surface area contributed by atoms with Gasteiger partial charge >= 0.3 is 0 Å². The predicted octanol–water partition coefficient (Wildman–Crippen LogP) is 14.3. The van der Waals surface area contributed by atoms with Crippen molar-refractivity contribution in [2.75, 3.05) is 146 Å². The molecule has 4 aliphatic rings. The largest absolute Gasteiger partial charge is 0.491 e. The summed E-state index contributed by atoms with van der Waals surface area (Å²) in [5.74, 6) is 9.06. The first-order valence-corrected chi connectivity index (χ1v) is 53.4. The summed E-state index contributed by atoms with van der Waals surface area (Å²) in [6, 6.07) is 40.4. The number of nitrogens with one attached hydrogen (secondary N) is 4. The number of aliphatic hydroxyl groups excluding tert-OH is 4. The van der Waals surface area contributed by atoms with Gasteiger partial charge in [0.25, 0.3) is 0 Å². The molecule has 0 aliphatic heterocycles. The van der Waals surface area contributed by atoms with Gasteiger partial charge in [0.1, 0.15) is 128 Å². The molecule has 786 valence electrons. The number of ether oxygens (including phenoxy) is 4. The van der Waals surface area contributed by atoms with E-state index in [4.69, 9.17) is 58.8 Å². The average molecular weight is 2050 g/mol. The fraction of sp³-hybridized carbons (Fsp3) is 0.436. The van der Waals surface area contributed by atoms with E-state index in [-0.39, 0.29) is 32.2 Å². The van der Waals surface area contributed by atoms with Gasteiger partial charge in [0.05, 0.1) is 59.0 Å². The van der Waals surface area contributed by atoms with Gasteiger partial charge < -0.3 is 89.7 Å². The molecule has 0 amide bonds. The Morgan fingerprint density at radius 3 is 1.13 bits per heavy atom. The minimum absolute atomic E-state index is 0.0687. The third kappa shape index (κ3) is 27.9. The number of imidazole rings is 1. The second-order valence-corrected chi connectivity index (χ2v) is 40.7. The Balaban J connectivity index is 0.000000142. The van der Waals surface area contributed by atoms with Crippen LogP contribution >= 0.6 is 0 Å². The Bertz CT molecular complexity index is 6960. The molecule has 15 aromatic rings. The lowest BCUT2D eigenvalue weighted by molar-refractivity contribution is 0.108. The van der Waals surface area contributed by atoms with Crippen molar-refractivity contribution in [2.24, 2.45) is 7.05 Å². The zero-order valence-electron chi connectivity index (χ0n) is 87.1. The Morgan fingerprint density at radius 1 is 0.389 bits per heavy atom. The lowest BCUT2D eigenvalue weighted by Gasteiger charge is -2.32. The zero-order valence-corrected chi connectivity index (χ0v) is 87.9. The number of rotatable bonds is 39. The van der Waals surface area contributed by atoms with E-state index in [0.29, 0.717) is 119 Å². The molecule has 0 spiro atoms. The standard InChI is InChI=1S/C29H37N7O4S.C28H35N7O2.C27H33N7O2.C26H35N7O2/c1-4-41(38,39)36-17-25(24-16-31-19-32-29(24)36)26-14-27(35(3)21-10-6-5-7-11-21)34-28(33-26)20-9-8-12-23(13-20)40-18-22(37)15-30-2;1-29-14-21(36)17-37-22-11-7-8-19(12-22)27-32-25(24-16-34(2)28-23(24)15-30-18-31-28)13-26(33-27)35(3)20-9-5-4-6-10-20;1-28-15-21(35)18-36-22-10-6-7-19(13-22)27-31-23(24-16-30-26-17-29-11-12-34(24)26)14-25(32-27)33(2)20-8-4-3-5-9-20;1-27-16-22(34)17-35-23-11-7-8-19(12-23)26-30-24(32(2)20-9-5-4-6-10-20)13-25(31-26)33(3)21-14-28-18-29-15-21/h8-9,12-14,16-17,19,21-22,30,37H,4-7,10-11,15,18H2,1-3H3;7-8,11-13,15-16,18,20-21,29,36H,4-6,9-10,14,17H2,1-3H3;6-7,10-14,16-17,20-21,28,35H,3-5,8-9,15,18H2,1-2H3;7-8,11-15,18,20,22,27,34H,4-6,9-10,16-17H2,1-3H3/t;;21-;/m..0./s1. The van der Waals surface area contributed by atoms with Crippen LogP contribution in [-0.4, -0.2) is 292 Å². The molecule has 19 rings (SSSR count). The minimum Gasteiger partial charge on any atom is -0.491 e.